The first-order valence-electron chi connectivity index (χ1n) is 7.11. The average Bonchev–Trinajstić information content (AvgIpc) is 2.91. The Hall–Kier alpha value is -2.73. The van der Waals surface area contributed by atoms with E-state index in [1.807, 2.05) is 34.9 Å². The fourth-order valence-corrected chi connectivity index (χ4v) is 2.55. The number of nitro groups is 1. The lowest BCUT2D eigenvalue weighted by molar-refractivity contribution is -0.384. The van der Waals surface area contributed by atoms with Gasteiger partial charge in [-0.1, -0.05) is 18.2 Å². The van der Waals surface area contributed by atoms with Gasteiger partial charge in [-0.05, 0) is 31.5 Å². The Bertz CT molecular complexity index is 826. The third kappa shape index (κ3) is 2.56. The molecule has 0 fully saturated rings. The molecule has 0 bridgehead atoms. The number of nitro benzene ring substituents is 1. The number of pyridine rings is 1. The van der Waals surface area contributed by atoms with Crippen molar-refractivity contribution in [3.05, 3.63) is 64.5 Å². The fraction of sp³-hybridized carbons (Fsp3) is 0.188. The van der Waals surface area contributed by atoms with Gasteiger partial charge in [0.05, 0.1) is 16.3 Å². The van der Waals surface area contributed by atoms with Crippen LogP contribution in [0.5, 0.6) is 0 Å². The highest BCUT2D eigenvalue weighted by atomic mass is 16.6. The third-order valence-electron chi connectivity index (χ3n) is 3.58. The molecule has 3 aromatic rings. The SMILES string of the molecule is NCCCc1c(-c2cccc([N+](=O)[O-])c2)nc2ccccn12. The van der Waals surface area contributed by atoms with Gasteiger partial charge in [-0.15, -0.1) is 0 Å². The van der Waals surface area contributed by atoms with Crippen LogP contribution < -0.4 is 5.73 Å². The molecule has 0 saturated carbocycles. The maximum atomic E-state index is 11.0. The van der Waals surface area contributed by atoms with Crippen LogP contribution in [0.2, 0.25) is 0 Å². The van der Waals surface area contributed by atoms with Crippen LogP contribution in [0.15, 0.2) is 48.7 Å². The predicted octanol–water partition coefficient (Wildman–Crippen LogP) is 2.80. The van der Waals surface area contributed by atoms with Crippen LogP contribution in [-0.2, 0) is 6.42 Å². The van der Waals surface area contributed by atoms with Crippen LogP contribution in [0.4, 0.5) is 5.69 Å². The maximum absolute atomic E-state index is 11.0. The molecule has 6 nitrogen and oxygen atoms in total. The number of aromatic nitrogens is 2. The molecule has 22 heavy (non-hydrogen) atoms. The fourth-order valence-electron chi connectivity index (χ4n) is 2.55. The van der Waals surface area contributed by atoms with Crippen molar-refractivity contribution in [2.75, 3.05) is 6.54 Å². The van der Waals surface area contributed by atoms with E-state index in [4.69, 9.17) is 5.73 Å². The number of rotatable bonds is 5. The zero-order valence-electron chi connectivity index (χ0n) is 12.0. The van der Waals surface area contributed by atoms with Crippen LogP contribution in [0, 0.1) is 10.1 Å². The van der Waals surface area contributed by atoms with Crippen molar-refractivity contribution < 1.29 is 4.92 Å². The molecule has 112 valence electrons. The Balaban J connectivity index is 2.16. The Labute approximate surface area is 127 Å². The van der Waals surface area contributed by atoms with E-state index < -0.39 is 4.92 Å². The molecular formula is C16H16N4O2. The van der Waals surface area contributed by atoms with Crippen molar-refractivity contribution >= 4 is 11.3 Å². The third-order valence-corrected chi connectivity index (χ3v) is 3.58. The quantitative estimate of drug-likeness (QED) is 0.579. The number of aryl methyl sites for hydroxylation is 1. The van der Waals surface area contributed by atoms with E-state index in [-0.39, 0.29) is 5.69 Å². The van der Waals surface area contributed by atoms with E-state index in [9.17, 15) is 10.1 Å². The smallest absolute Gasteiger partial charge is 0.270 e. The minimum Gasteiger partial charge on any atom is -0.330 e. The molecule has 2 heterocycles. The summed E-state index contributed by atoms with van der Waals surface area (Å²) < 4.78 is 2.02. The molecule has 0 atom stereocenters. The number of nitrogens with two attached hydrogens (primary N) is 1. The maximum Gasteiger partial charge on any atom is 0.270 e. The monoisotopic (exact) mass is 296 g/mol. The molecule has 0 aliphatic rings. The van der Waals surface area contributed by atoms with Crippen molar-refractivity contribution in [3.8, 4) is 11.3 Å². The lowest BCUT2D eigenvalue weighted by Gasteiger charge is -2.04. The number of benzene rings is 1. The van der Waals surface area contributed by atoms with Gasteiger partial charge < -0.3 is 10.1 Å². The molecular weight excluding hydrogens is 280 g/mol. The van der Waals surface area contributed by atoms with Gasteiger partial charge in [-0.3, -0.25) is 10.1 Å². The highest BCUT2D eigenvalue weighted by molar-refractivity contribution is 5.68. The van der Waals surface area contributed by atoms with Crippen molar-refractivity contribution in [1.29, 1.82) is 0 Å². The van der Waals surface area contributed by atoms with Crippen LogP contribution in [0.3, 0.4) is 0 Å². The summed E-state index contributed by atoms with van der Waals surface area (Å²) in [7, 11) is 0. The molecule has 0 radical (unpaired) electrons. The topological polar surface area (TPSA) is 86.5 Å². The molecule has 0 unspecified atom stereocenters. The normalized spacial score (nSPS) is 11.0. The lowest BCUT2D eigenvalue weighted by Crippen LogP contribution is -2.03. The Kier molecular flexibility index (Phi) is 3.84. The van der Waals surface area contributed by atoms with E-state index in [0.717, 1.165) is 35.4 Å². The Morgan fingerprint density at radius 2 is 2.09 bits per heavy atom. The first kappa shape index (κ1) is 14.2. The highest BCUT2D eigenvalue weighted by Crippen LogP contribution is 2.28. The van der Waals surface area contributed by atoms with Crippen LogP contribution in [0.25, 0.3) is 16.9 Å². The number of fused-ring (bicyclic) bond motifs is 1. The largest absolute Gasteiger partial charge is 0.330 e. The van der Waals surface area contributed by atoms with Crippen LogP contribution >= 0.6 is 0 Å². The molecule has 0 saturated heterocycles. The second kappa shape index (κ2) is 5.95. The average molecular weight is 296 g/mol. The minimum absolute atomic E-state index is 0.0688. The molecule has 0 amide bonds. The Morgan fingerprint density at radius 3 is 2.86 bits per heavy atom. The van der Waals surface area contributed by atoms with E-state index in [1.54, 1.807) is 12.1 Å². The van der Waals surface area contributed by atoms with Gasteiger partial charge in [0.2, 0.25) is 0 Å². The summed E-state index contributed by atoms with van der Waals surface area (Å²) in [6.07, 6.45) is 3.57. The molecule has 0 aliphatic carbocycles. The molecule has 2 aromatic heterocycles. The standard InChI is InChI=1S/C16H16N4O2/c17-9-4-7-14-16(18-15-8-1-2-10-19(14)15)12-5-3-6-13(11-12)20(21)22/h1-3,5-6,8,10-11H,4,7,9,17H2. The minimum atomic E-state index is -0.390. The van der Waals surface area contributed by atoms with Gasteiger partial charge in [-0.25, -0.2) is 4.98 Å². The summed E-state index contributed by atoms with van der Waals surface area (Å²) in [5.74, 6) is 0. The van der Waals surface area contributed by atoms with Gasteiger partial charge in [0.15, 0.2) is 0 Å². The molecule has 0 aliphatic heterocycles. The second-order valence-electron chi connectivity index (χ2n) is 5.04. The first-order valence-corrected chi connectivity index (χ1v) is 7.11. The first-order chi connectivity index (χ1) is 10.7. The van der Waals surface area contributed by atoms with Gasteiger partial charge in [0, 0.05) is 23.9 Å². The van der Waals surface area contributed by atoms with E-state index in [1.165, 1.54) is 6.07 Å². The molecule has 6 heteroatoms. The number of hydrogen-bond acceptors (Lipinski definition) is 4. The summed E-state index contributed by atoms with van der Waals surface area (Å²) in [5.41, 5.74) is 9.09. The van der Waals surface area contributed by atoms with Crippen molar-refractivity contribution in [1.82, 2.24) is 9.38 Å². The number of hydrogen-bond donors (Lipinski definition) is 1. The zero-order valence-corrected chi connectivity index (χ0v) is 12.0. The Morgan fingerprint density at radius 1 is 1.23 bits per heavy atom. The summed E-state index contributed by atoms with van der Waals surface area (Å²) in [4.78, 5) is 15.2. The molecule has 2 N–H and O–H groups in total. The highest BCUT2D eigenvalue weighted by Gasteiger charge is 2.15. The summed E-state index contributed by atoms with van der Waals surface area (Å²) in [5, 5.41) is 11.0. The van der Waals surface area contributed by atoms with Crippen molar-refractivity contribution in [2.45, 2.75) is 12.8 Å². The van der Waals surface area contributed by atoms with Gasteiger partial charge in [-0.2, -0.15) is 0 Å². The summed E-state index contributed by atoms with van der Waals surface area (Å²) in [6.45, 7) is 0.592. The van der Waals surface area contributed by atoms with E-state index >= 15 is 0 Å². The van der Waals surface area contributed by atoms with Crippen molar-refractivity contribution in [2.24, 2.45) is 5.73 Å². The van der Waals surface area contributed by atoms with Gasteiger partial charge in [0.1, 0.15) is 5.65 Å². The number of non-ortho nitro benzene ring substituents is 1. The van der Waals surface area contributed by atoms with Gasteiger partial charge in [0.25, 0.3) is 5.69 Å². The molecule has 0 spiro atoms. The van der Waals surface area contributed by atoms with Crippen molar-refractivity contribution in [3.63, 3.8) is 0 Å². The number of nitrogens with zero attached hydrogens (tertiary/aromatic N) is 3. The lowest BCUT2D eigenvalue weighted by atomic mass is 10.1. The van der Waals surface area contributed by atoms with E-state index in [0.29, 0.717) is 6.54 Å². The summed E-state index contributed by atoms with van der Waals surface area (Å²) >= 11 is 0. The van der Waals surface area contributed by atoms with Crippen LogP contribution in [0.1, 0.15) is 12.1 Å². The summed E-state index contributed by atoms with van der Waals surface area (Å²) in [6, 6.07) is 12.4. The zero-order chi connectivity index (χ0) is 15.5. The molecule has 1 aromatic carbocycles. The second-order valence-corrected chi connectivity index (χ2v) is 5.04. The van der Waals surface area contributed by atoms with E-state index in [2.05, 4.69) is 4.98 Å². The number of imidazole rings is 1. The van der Waals surface area contributed by atoms with Gasteiger partial charge >= 0.3 is 0 Å². The molecule has 3 rings (SSSR count). The predicted molar refractivity (Wildman–Crippen MR) is 84.7 cm³/mol. The van der Waals surface area contributed by atoms with Crippen LogP contribution in [-0.4, -0.2) is 20.9 Å².